The van der Waals surface area contributed by atoms with Crippen LogP contribution in [0.1, 0.15) is 31.1 Å². The zero-order chi connectivity index (χ0) is 17.3. The second-order valence-corrected chi connectivity index (χ2v) is 8.37. The molecule has 2 aliphatic rings. The van der Waals surface area contributed by atoms with Crippen molar-refractivity contribution in [1.82, 2.24) is 4.90 Å². The summed E-state index contributed by atoms with van der Waals surface area (Å²) >= 11 is 1.85. The van der Waals surface area contributed by atoms with Gasteiger partial charge in [-0.15, -0.1) is 11.3 Å². The zero-order valence-corrected chi connectivity index (χ0v) is 15.7. The minimum Gasteiger partial charge on any atom is -0.392 e. The summed E-state index contributed by atoms with van der Waals surface area (Å²) in [5.74, 6) is 0. The van der Waals surface area contributed by atoms with Gasteiger partial charge in [-0.25, -0.2) is 0 Å². The minimum absolute atomic E-state index is 0.0250. The van der Waals surface area contributed by atoms with E-state index in [0.29, 0.717) is 0 Å². The monoisotopic (exact) mass is 357 g/mol. The standard InChI is InChI=1S/C21H27NO2S/c1-2-24-20-13-19(23)21(20)8-10-22(11-9-21)14-18-12-17(15-25-18)16-6-4-3-5-7-16/h3-7,12,15,19-20,23H,2,8-11,13-14H2,1H3/t19-,20+/m0/s1. The molecule has 2 heterocycles. The van der Waals surface area contributed by atoms with Crippen molar-refractivity contribution >= 4 is 11.3 Å². The molecule has 134 valence electrons. The number of ether oxygens (including phenoxy) is 1. The van der Waals surface area contributed by atoms with E-state index in [1.165, 1.54) is 16.0 Å². The first-order chi connectivity index (χ1) is 12.2. The highest BCUT2D eigenvalue weighted by Crippen LogP contribution is 2.51. The van der Waals surface area contributed by atoms with E-state index in [9.17, 15) is 5.11 Å². The molecule has 1 saturated carbocycles. The van der Waals surface area contributed by atoms with Gasteiger partial charge < -0.3 is 9.84 Å². The lowest BCUT2D eigenvalue weighted by molar-refractivity contribution is -0.209. The number of aliphatic hydroxyl groups is 1. The molecule has 1 saturated heterocycles. The smallest absolute Gasteiger partial charge is 0.0681 e. The highest BCUT2D eigenvalue weighted by atomic mass is 32.1. The molecule has 1 aromatic heterocycles. The molecule has 4 heteroatoms. The van der Waals surface area contributed by atoms with Crippen molar-refractivity contribution in [3.63, 3.8) is 0 Å². The maximum atomic E-state index is 10.3. The Bertz CT molecular complexity index is 689. The van der Waals surface area contributed by atoms with Crippen LogP contribution in [0.3, 0.4) is 0 Å². The molecule has 25 heavy (non-hydrogen) atoms. The number of nitrogens with zero attached hydrogens (tertiary/aromatic N) is 1. The Hall–Kier alpha value is -1.20. The van der Waals surface area contributed by atoms with Gasteiger partial charge in [-0.05, 0) is 55.4 Å². The van der Waals surface area contributed by atoms with E-state index in [2.05, 4.69) is 53.6 Å². The number of aliphatic hydroxyl groups excluding tert-OH is 1. The van der Waals surface area contributed by atoms with E-state index in [4.69, 9.17) is 4.74 Å². The maximum Gasteiger partial charge on any atom is 0.0681 e. The van der Waals surface area contributed by atoms with Gasteiger partial charge in [0.15, 0.2) is 0 Å². The lowest BCUT2D eigenvalue weighted by Crippen LogP contribution is -2.62. The number of rotatable bonds is 5. The highest BCUT2D eigenvalue weighted by molar-refractivity contribution is 7.10. The Morgan fingerprint density at radius 2 is 1.96 bits per heavy atom. The summed E-state index contributed by atoms with van der Waals surface area (Å²) in [4.78, 5) is 3.95. The fourth-order valence-electron chi connectivity index (χ4n) is 4.41. The lowest BCUT2D eigenvalue weighted by Gasteiger charge is -2.56. The summed E-state index contributed by atoms with van der Waals surface area (Å²) in [7, 11) is 0. The number of hydrogen-bond donors (Lipinski definition) is 1. The van der Waals surface area contributed by atoms with Gasteiger partial charge in [0.05, 0.1) is 12.2 Å². The Labute approximate surface area is 154 Å². The van der Waals surface area contributed by atoms with Crippen molar-refractivity contribution < 1.29 is 9.84 Å². The van der Waals surface area contributed by atoms with Gasteiger partial charge in [-0.1, -0.05) is 30.3 Å². The number of thiophene rings is 1. The molecular weight excluding hydrogens is 330 g/mol. The van der Waals surface area contributed by atoms with Gasteiger partial charge in [-0.3, -0.25) is 4.90 Å². The van der Waals surface area contributed by atoms with Crippen molar-refractivity contribution in [2.75, 3.05) is 19.7 Å². The molecule has 1 spiro atoms. The fraction of sp³-hybridized carbons (Fsp3) is 0.524. The van der Waals surface area contributed by atoms with Crippen LogP contribution in [-0.4, -0.2) is 41.9 Å². The molecule has 3 nitrogen and oxygen atoms in total. The quantitative estimate of drug-likeness (QED) is 0.872. The van der Waals surface area contributed by atoms with E-state index in [1.54, 1.807) is 0 Å². The minimum atomic E-state index is -0.169. The van der Waals surface area contributed by atoms with E-state index >= 15 is 0 Å². The first-order valence-electron chi connectivity index (χ1n) is 9.36. The Morgan fingerprint density at radius 1 is 1.20 bits per heavy atom. The van der Waals surface area contributed by atoms with Gasteiger partial charge in [0, 0.05) is 29.9 Å². The van der Waals surface area contributed by atoms with E-state index in [-0.39, 0.29) is 17.6 Å². The molecule has 1 aliphatic heterocycles. The predicted molar refractivity (Wildman–Crippen MR) is 103 cm³/mol. The van der Waals surface area contributed by atoms with Crippen molar-refractivity contribution in [3.05, 3.63) is 46.7 Å². The van der Waals surface area contributed by atoms with Crippen LogP contribution < -0.4 is 0 Å². The van der Waals surface area contributed by atoms with Crippen LogP contribution in [0.2, 0.25) is 0 Å². The van der Waals surface area contributed by atoms with Gasteiger partial charge in [-0.2, -0.15) is 0 Å². The first-order valence-corrected chi connectivity index (χ1v) is 10.2. The van der Waals surface area contributed by atoms with Crippen LogP contribution >= 0.6 is 11.3 Å². The zero-order valence-electron chi connectivity index (χ0n) is 14.9. The van der Waals surface area contributed by atoms with Crippen LogP contribution in [0.15, 0.2) is 41.8 Å². The molecule has 1 aliphatic carbocycles. The molecule has 1 N–H and O–H groups in total. The van der Waals surface area contributed by atoms with Gasteiger partial charge in [0.2, 0.25) is 0 Å². The summed E-state index contributed by atoms with van der Waals surface area (Å²) in [6.07, 6.45) is 3.02. The Morgan fingerprint density at radius 3 is 2.64 bits per heavy atom. The second-order valence-electron chi connectivity index (χ2n) is 7.37. The van der Waals surface area contributed by atoms with Crippen molar-refractivity contribution in [3.8, 4) is 11.1 Å². The van der Waals surface area contributed by atoms with Crippen molar-refractivity contribution in [2.45, 2.75) is 44.9 Å². The summed E-state index contributed by atoms with van der Waals surface area (Å²) in [6, 6.07) is 12.9. The average Bonchev–Trinajstić information content (AvgIpc) is 3.11. The van der Waals surface area contributed by atoms with Crippen LogP contribution in [0.5, 0.6) is 0 Å². The summed E-state index contributed by atoms with van der Waals surface area (Å²) in [5.41, 5.74) is 2.64. The summed E-state index contributed by atoms with van der Waals surface area (Å²) < 4.78 is 5.87. The Balaban J connectivity index is 1.36. The lowest BCUT2D eigenvalue weighted by atomic mass is 9.58. The SMILES string of the molecule is CCO[C@@H]1C[C@H](O)C12CCN(Cc1cc(-c3ccccc3)cs1)CC2. The molecule has 2 atom stereocenters. The van der Waals surface area contributed by atoms with Crippen molar-refractivity contribution in [2.24, 2.45) is 5.41 Å². The summed E-state index contributed by atoms with van der Waals surface area (Å²) in [6.45, 7) is 5.93. The average molecular weight is 358 g/mol. The van der Waals surface area contributed by atoms with Crippen LogP contribution in [0.4, 0.5) is 0 Å². The van der Waals surface area contributed by atoms with E-state index in [1.807, 2.05) is 11.3 Å². The van der Waals surface area contributed by atoms with Crippen LogP contribution in [0.25, 0.3) is 11.1 Å². The largest absolute Gasteiger partial charge is 0.392 e. The predicted octanol–water partition coefficient (Wildman–Crippen LogP) is 4.17. The van der Waals surface area contributed by atoms with Crippen LogP contribution in [-0.2, 0) is 11.3 Å². The number of likely N-dealkylation sites (tertiary alicyclic amines) is 1. The molecule has 0 bridgehead atoms. The van der Waals surface area contributed by atoms with Gasteiger partial charge >= 0.3 is 0 Å². The Kier molecular flexibility index (Phi) is 4.96. The van der Waals surface area contributed by atoms with Crippen LogP contribution in [0, 0.1) is 5.41 Å². The van der Waals surface area contributed by atoms with Crippen molar-refractivity contribution in [1.29, 1.82) is 0 Å². The number of hydrogen-bond acceptors (Lipinski definition) is 4. The number of piperidine rings is 1. The van der Waals surface area contributed by atoms with Gasteiger partial charge in [0.25, 0.3) is 0 Å². The highest BCUT2D eigenvalue weighted by Gasteiger charge is 2.55. The molecule has 4 rings (SSSR count). The third kappa shape index (κ3) is 3.28. The molecule has 0 amide bonds. The number of benzene rings is 1. The van der Waals surface area contributed by atoms with Gasteiger partial charge in [0.1, 0.15) is 0 Å². The third-order valence-corrected chi connectivity index (χ3v) is 6.96. The molecule has 0 radical (unpaired) electrons. The topological polar surface area (TPSA) is 32.7 Å². The summed E-state index contributed by atoms with van der Waals surface area (Å²) in [5, 5.41) is 12.6. The molecule has 2 aromatic rings. The molecule has 1 aromatic carbocycles. The first kappa shape index (κ1) is 17.2. The van der Waals surface area contributed by atoms with E-state index in [0.717, 1.165) is 45.5 Å². The molecule has 2 fully saturated rings. The normalized spacial score (nSPS) is 25.8. The molecular formula is C21H27NO2S. The maximum absolute atomic E-state index is 10.3. The second kappa shape index (κ2) is 7.20. The van der Waals surface area contributed by atoms with E-state index < -0.39 is 0 Å². The third-order valence-electron chi connectivity index (χ3n) is 6.04. The fourth-order valence-corrected chi connectivity index (χ4v) is 5.34. The molecule has 0 unspecified atom stereocenters.